The molecule has 2 saturated heterocycles. The van der Waals surface area contributed by atoms with Crippen molar-refractivity contribution in [2.75, 3.05) is 37.6 Å². The van der Waals surface area contributed by atoms with Gasteiger partial charge in [-0.2, -0.15) is 0 Å². The van der Waals surface area contributed by atoms with Gasteiger partial charge in [0, 0.05) is 37.9 Å². The fraction of sp³-hybridized carbons (Fsp3) is 0.579. The van der Waals surface area contributed by atoms with Crippen molar-refractivity contribution in [2.24, 2.45) is 5.92 Å². The summed E-state index contributed by atoms with van der Waals surface area (Å²) in [5.41, 5.74) is 7.36. The number of benzene rings is 1. The van der Waals surface area contributed by atoms with Crippen LogP contribution in [-0.4, -0.2) is 66.3 Å². The highest BCUT2D eigenvalue weighted by atomic mass is 79.9. The van der Waals surface area contributed by atoms with Crippen LogP contribution in [0.3, 0.4) is 0 Å². The summed E-state index contributed by atoms with van der Waals surface area (Å²) in [6, 6.07) is 10.00. The molecule has 2 aliphatic rings. The van der Waals surface area contributed by atoms with Crippen molar-refractivity contribution in [3.8, 4) is 0 Å². The highest BCUT2D eigenvalue weighted by Crippen LogP contribution is 2.21. The van der Waals surface area contributed by atoms with Crippen LogP contribution in [0.4, 0.5) is 5.69 Å². The lowest BCUT2D eigenvalue weighted by Gasteiger charge is -2.36. The van der Waals surface area contributed by atoms with Gasteiger partial charge in [-0.1, -0.05) is 48.0 Å². The van der Waals surface area contributed by atoms with E-state index < -0.39 is 0 Å². The quantitative estimate of drug-likeness (QED) is 0.591. The van der Waals surface area contributed by atoms with Gasteiger partial charge in [-0.3, -0.25) is 15.0 Å². The Morgan fingerprint density at radius 3 is 2.41 bits per heavy atom. The molecule has 8 heteroatoms. The number of nitrogens with one attached hydrogen (secondary N) is 3. The molecule has 7 nitrogen and oxygen atoms in total. The summed E-state index contributed by atoms with van der Waals surface area (Å²) in [5.74, 6) is 0.194. The zero-order chi connectivity index (χ0) is 19.4. The predicted octanol–water partition coefficient (Wildman–Crippen LogP) is 0.716. The first-order chi connectivity index (χ1) is 13.0. The molecular formula is C19H28BrN5O2. The molecule has 148 valence electrons. The number of piperazine rings is 1. The fourth-order valence-electron chi connectivity index (χ4n) is 3.53. The Hall–Kier alpha value is -1.64. The number of alkyl halides is 1. The monoisotopic (exact) mass is 437 g/mol. The number of amides is 2. The van der Waals surface area contributed by atoms with Gasteiger partial charge >= 0.3 is 0 Å². The summed E-state index contributed by atoms with van der Waals surface area (Å²) < 4.78 is 0. The maximum atomic E-state index is 12.5. The van der Waals surface area contributed by atoms with E-state index in [1.165, 1.54) is 5.69 Å². The second-order valence-electron chi connectivity index (χ2n) is 7.40. The van der Waals surface area contributed by atoms with Gasteiger partial charge < -0.3 is 15.1 Å². The van der Waals surface area contributed by atoms with Crippen molar-refractivity contribution in [3.63, 3.8) is 0 Å². The van der Waals surface area contributed by atoms with E-state index in [0.717, 1.165) is 13.1 Å². The van der Waals surface area contributed by atoms with Crippen molar-refractivity contribution < 1.29 is 9.59 Å². The van der Waals surface area contributed by atoms with Gasteiger partial charge in [-0.05, 0) is 18.1 Å². The Labute approximate surface area is 168 Å². The number of hydrogen-bond donors (Lipinski definition) is 3. The molecule has 3 rings (SSSR count). The normalized spacial score (nSPS) is 25.7. The molecule has 0 aromatic heterocycles. The lowest BCUT2D eigenvalue weighted by atomic mass is 9.99. The molecular weight excluding hydrogens is 410 g/mol. The minimum atomic E-state index is -0.389. The Bertz CT molecular complexity index is 649. The molecule has 3 atom stereocenters. The predicted molar refractivity (Wildman–Crippen MR) is 110 cm³/mol. The molecule has 1 aromatic carbocycles. The van der Waals surface area contributed by atoms with Crippen molar-refractivity contribution in [1.82, 2.24) is 21.1 Å². The minimum Gasteiger partial charge on any atom is -0.368 e. The van der Waals surface area contributed by atoms with E-state index in [4.69, 9.17) is 0 Å². The number of rotatable bonds is 5. The number of hydrogen-bond acceptors (Lipinski definition) is 5. The largest absolute Gasteiger partial charge is 0.368 e. The average molecular weight is 438 g/mol. The van der Waals surface area contributed by atoms with Crippen molar-refractivity contribution in [2.45, 2.75) is 30.8 Å². The molecule has 27 heavy (non-hydrogen) atoms. The highest BCUT2D eigenvalue weighted by Gasteiger charge is 2.39. The molecule has 0 spiro atoms. The van der Waals surface area contributed by atoms with Crippen LogP contribution in [0.15, 0.2) is 30.3 Å². The number of nitrogens with zero attached hydrogens (tertiary/aromatic N) is 2. The summed E-state index contributed by atoms with van der Waals surface area (Å²) in [6.07, 6.45) is 0. The molecule has 2 amide bonds. The third-order valence-electron chi connectivity index (χ3n) is 5.24. The molecule has 2 fully saturated rings. The summed E-state index contributed by atoms with van der Waals surface area (Å²) >= 11 is 3.60. The Morgan fingerprint density at radius 1 is 1.15 bits per heavy atom. The first-order valence-corrected chi connectivity index (χ1v) is 10.4. The smallest absolute Gasteiger partial charge is 0.242 e. The number of carbonyl (C=O) groups excluding carboxylic acids is 2. The number of anilines is 1. The first kappa shape index (κ1) is 20.1. The highest BCUT2D eigenvalue weighted by molar-refractivity contribution is 9.09. The van der Waals surface area contributed by atoms with Gasteiger partial charge in [0.2, 0.25) is 11.8 Å². The van der Waals surface area contributed by atoms with Crippen LogP contribution < -0.4 is 21.1 Å². The van der Waals surface area contributed by atoms with E-state index in [0.29, 0.717) is 19.0 Å². The minimum absolute atomic E-state index is 0.0120. The van der Waals surface area contributed by atoms with Crippen molar-refractivity contribution >= 4 is 33.4 Å². The third kappa shape index (κ3) is 4.80. The van der Waals surface area contributed by atoms with Crippen LogP contribution in [0.1, 0.15) is 13.8 Å². The van der Waals surface area contributed by atoms with Crippen molar-refractivity contribution in [3.05, 3.63) is 30.3 Å². The zero-order valence-electron chi connectivity index (χ0n) is 15.8. The molecule has 0 radical (unpaired) electrons. The van der Waals surface area contributed by atoms with Crippen LogP contribution >= 0.6 is 15.9 Å². The maximum absolute atomic E-state index is 12.5. The Kier molecular flexibility index (Phi) is 6.73. The standard InChI is InChI=1S/C19H28BrN5O2/c1-13(2)17-16(20)18(23-22-17)19(27)21-12-15(26)25-10-8-24(9-11-25)14-6-4-3-5-7-14/h3-7,13,16-18,22-23H,8-12H2,1-2H3,(H,21,27). The Morgan fingerprint density at radius 2 is 1.81 bits per heavy atom. The summed E-state index contributed by atoms with van der Waals surface area (Å²) in [7, 11) is 0. The molecule has 3 N–H and O–H groups in total. The second kappa shape index (κ2) is 9.03. The lowest BCUT2D eigenvalue weighted by molar-refractivity contribution is -0.133. The zero-order valence-corrected chi connectivity index (χ0v) is 17.4. The molecule has 2 heterocycles. The second-order valence-corrected chi connectivity index (χ2v) is 8.46. The van der Waals surface area contributed by atoms with E-state index in [2.05, 4.69) is 63.0 Å². The van der Waals surface area contributed by atoms with Crippen molar-refractivity contribution in [1.29, 1.82) is 0 Å². The van der Waals surface area contributed by atoms with Gasteiger partial charge in [0.05, 0.1) is 11.4 Å². The summed E-state index contributed by atoms with van der Waals surface area (Å²) in [5, 5.41) is 2.78. The van der Waals surface area contributed by atoms with E-state index in [1.54, 1.807) is 0 Å². The van der Waals surface area contributed by atoms with Gasteiger partial charge in [0.25, 0.3) is 0 Å². The SMILES string of the molecule is CC(C)C1NNC(C(=O)NCC(=O)N2CCN(c3ccccc3)CC2)C1Br. The van der Waals surface area contributed by atoms with Gasteiger partial charge in [0.15, 0.2) is 0 Å². The van der Waals surface area contributed by atoms with Gasteiger partial charge in [0.1, 0.15) is 6.04 Å². The molecule has 0 aliphatic carbocycles. The van der Waals surface area contributed by atoms with Crippen LogP contribution in [0.25, 0.3) is 0 Å². The fourth-order valence-corrected chi connectivity index (χ4v) is 4.65. The number of para-hydroxylation sites is 1. The average Bonchev–Trinajstić information content (AvgIpc) is 3.08. The molecule has 0 saturated carbocycles. The molecule has 1 aromatic rings. The van der Waals surface area contributed by atoms with Crippen LogP contribution in [0.2, 0.25) is 0 Å². The van der Waals surface area contributed by atoms with E-state index in [1.807, 2.05) is 23.1 Å². The van der Waals surface area contributed by atoms with E-state index >= 15 is 0 Å². The van der Waals surface area contributed by atoms with Gasteiger partial charge in [-0.25, -0.2) is 5.43 Å². The number of halogens is 1. The number of hydrazine groups is 1. The first-order valence-electron chi connectivity index (χ1n) is 9.48. The maximum Gasteiger partial charge on any atom is 0.242 e. The summed E-state index contributed by atoms with van der Waals surface area (Å²) in [6.45, 7) is 7.19. The number of carbonyl (C=O) groups is 2. The van der Waals surface area contributed by atoms with Crippen LogP contribution in [0, 0.1) is 5.92 Å². The Balaban J connectivity index is 1.43. The topological polar surface area (TPSA) is 76.7 Å². The van der Waals surface area contributed by atoms with Crippen LogP contribution in [-0.2, 0) is 9.59 Å². The molecule has 2 aliphatic heterocycles. The molecule has 0 bridgehead atoms. The van der Waals surface area contributed by atoms with Gasteiger partial charge in [-0.15, -0.1) is 0 Å². The van der Waals surface area contributed by atoms with Crippen LogP contribution in [0.5, 0.6) is 0 Å². The van der Waals surface area contributed by atoms with E-state index in [9.17, 15) is 9.59 Å². The molecule has 3 unspecified atom stereocenters. The van der Waals surface area contributed by atoms with E-state index in [-0.39, 0.29) is 35.3 Å². The summed E-state index contributed by atoms with van der Waals surface area (Å²) in [4.78, 5) is 29.0. The lowest BCUT2D eigenvalue weighted by Crippen LogP contribution is -2.53. The third-order valence-corrected chi connectivity index (χ3v) is 6.33.